The molecule has 1 aromatic carbocycles. The molecule has 0 spiro atoms. The Morgan fingerprint density at radius 1 is 1.33 bits per heavy atom. The molecule has 4 nitrogen and oxygen atoms in total. The van der Waals surface area contributed by atoms with Crippen LogP contribution < -0.4 is 5.32 Å². The van der Waals surface area contributed by atoms with Crippen LogP contribution in [0, 0.1) is 0 Å². The number of nitrogens with zero attached hydrogens (tertiary/aromatic N) is 1. The number of rotatable bonds is 8. The van der Waals surface area contributed by atoms with E-state index in [1.54, 1.807) is 6.08 Å². The Morgan fingerprint density at radius 3 is 2.62 bits per heavy atom. The van der Waals surface area contributed by atoms with Gasteiger partial charge in [-0.05, 0) is 38.7 Å². The Bertz CT molecular complexity index is 510. The largest absolute Gasteiger partial charge is 0.368 e. The van der Waals surface area contributed by atoms with Gasteiger partial charge < -0.3 is 10.1 Å². The number of piperidine rings is 1. The summed E-state index contributed by atoms with van der Waals surface area (Å²) >= 11 is 0. The van der Waals surface area contributed by atoms with Gasteiger partial charge in [-0.25, -0.2) is 0 Å². The molecule has 0 aromatic heterocycles. The van der Waals surface area contributed by atoms with Crippen molar-refractivity contribution in [2.45, 2.75) is 51.3 Å². The molecular formula is C20H30N2O2. The topological polar surface area (TPSA) is 41.6 Å². The summed E-state index contributed by atoms with van der Waals surface area (Å²) < 4.78 is 5.51. The first kappa shape index (κ1) is 18.7. The predicted octanol–water partition coefficient (Wildman–Crippen LogP) is 3.31. The van der Waals surface area contributed by atoms with E-state index in [0.29, 0.717) is 12.6 Å². The molecular weight excluding hydrogens is 300 g/mol. The Morgan fingerprint density at radius 2 is 2.00 bits per heavy atom. The average molecular weight is 330 g/mol. The van der Waals surface area contributed by atoms with E-state index < -0.39 is 6.10 Å². The molecule has 1 N–H and O–H groups in total. The summed E-state index contributed by atoms with van der Waals surface area (Å²) in [4.78, 5) is 14.7. The van der Waals surface area contributed by atoms with Gasteiger partial charge >= 0.3 is 0 Å². The van der Waals surface area contributed by atoms with Crippen LogP contribution in [-0.2, 0) is 9.53 Å². The average Bonchev–Trinajstić information content (AvgIpc) is 2.62. The number of ether oxygens (including phenoxy) is 1. The lowest BCUT2D eigenvalue weighted by Gasteiger charge is -2.36. The number of nitrogens with one attached hydrogen (secondary N) is 1. The van der Waals surface area contributed by atoms with Gasteiger partial charge in [-0.3, -0.25) is 9.69 Å². The highest BCUT2D eigenvalue weighted by Crippen LogP contribution is 2.24. The first-order valence-electron chi connectivity index (χ1n) is 8.93. The molecule has 1 aliphatic rings. The normalized spacial score (nSPS) is 18.8. The number of hydrogen-bond acceptors (Lipinski definition) is 3. The van der Waals surface area contributed by atoms with Crippen molar-refractivity contribution < 1.29 is 9.53 Å². The number of hydrogen-bond donors (Lipinski definition) is 1. The molecule has 2 atom stereocenters. The molecule has 1 aliphatic heterocycles. The zero-order chi connectivity index (χ0) is 17.4. The van der Waals surface area contributed by atoms with Crippen molar-refractivity contribution in [2.24, 2.45) is 0 Å². The zero-order valence-electron chi connectivity index (χ0n) is 14.9. The third-order valence-electron chi connectivity index (χ3n) is 4.76. The number of benzene rings is 1. The van der Waals surface area contributed by atoms with Crippen molar-refractivity contribution in [3.05, 3.63) is 48.6 Å². The number of carbonyl (C=O) groups excluding carboxylic acids is 1. The van der Waals surface area contributed by atoms with Crippen molar-refractivity contribution in [3.63, 3.8) is 0 Å². The first-order chi connectivity index (χ1) is 11.6. The summed E-state index contributed by atoms with van der Waals surface area (Å²) in [6.07, 6.45) is 4.15. The molecule has 0 bridgehead atoms. The van der Waals surface area contributed by atoms with Crippen LogP contribution in [0.3, 0.4) is 0 Å². The monoisotopic (exact) mass is 330 g/mol. The molecule has 1 aromatic rings. The molecule has 0 aliphatic carbocycles. The van der Waals surface area contributed by atoms with E-state index in [4.69, 9.17) is 4.74 Å². The van der Waals surface area contributed by atoms with Gasteiger partial charge in [0.15, 0.2) is 0 Å². The van der Waals surface area contributed by atoms with Crippen LogP contribution in [0.2, 0.25) is 0 Å². The summed E-state index contributed by atoms with van der Waals surface area (Å²) in [5.41, 5.74) is 1.35. The minimum absolute atomic E-state index is 0.00591. The number of amides is 1. The third-order valence-corrected chi connectivity index (χ3v) is 4.76. The van der Waals surface area contributed by atoms with E-state index in [0.717, 1.165) is 32.4 Å². The highest BCUT2D eigenvalue weighted by molar-refractivity contribution is 5.80. The predicted molar refractivity (Wildman–Crippen MR) is 97.8 cm³/mol. The van der Waals surface area contributed by atoms with E-state index >= 15 is 0 Å². The standard InChI is InChI=1S/C20H30N2O2/c1-4-5-15-24-17(3)20(23)21-19-11-13-22(14-12-19)16(2)18-9-7-6-8-10-18/h4,6-10,16-17,19H,1,5,11-15H2,2-3H3,(H,21,23)/t16-,17-/m1/s1. The third kappa shape index (κ3) is 5.46. The van der Waals surface area contributed by atoms with Crippen molar-refractivity contribution >= 4 is 5.91 Å². The number of carbonyl (C=O) groups is 1. The van der Waals surface area contributed by atoms with Crippen LogP contribution in [0.5, 0.6) is 0 Å². The summed E-state index contributed by atoms with van der Waals surface area (Å²) in [6.45, 7) is 10.3. The van der Waals surface area contributed by atoms with E-state index in [9.17, 15) is 4.79 Å². The lowest BCUT2D eigenvalue weighted by atomic mass is 10.00. The zero-order valence-corrected chi connectivity index (χ0v) is 14.9. The smallest absolute Gasteiger partial charge is 0.249 e. The SMILES string of the molecule is C=CCCO[C@H](C)C(=O)NC1CCN([C@H](C)c2ccccc2)CC1. The van der Waals surface area contributed by atoms with Crippen LogP contribution in [0.4, 0.5) is 0 Å². The lowest BCUT2D eigenvalue weighted by Crippen LogP contribution is -2.47. The van der Waals surface area contributed by atoms with Gasteiger partial charge in [0, 0.05) is 25.2 Å². The van der Waals surface area contributed by atoms with Gasteiger partial charge in [-0.15, -0.1) is 6.58 Å². The molecule has 24 heavy (non-hydrogen) atoms. The van der Waals surface area contributed by atoms with Crippen LogP contribution in [-0.4, -0.2) is 42.6 Å². The van der Waals surface area contributed by atoms with E-state index in [-0.39, 0.29) is 11.9 Å². The van der Waals surface area contributed by atoms with Crippen LogP contribution in [0.25, 0.3) is 0 Å². The second-order valence-corrected chi connectivity index (χ2v) is 6.50. The van der Waals surface area contributed by atoms with Gasteiger partial charge in [-0.2, -0.15) is 0 Å². The van der Waals surface area contributed by atoms with Crippen LogP contribution in [0.1, 0.15) is 44.7 Å². The van der Waals surface area contributed by atoms with Crippen molar-refractivity contribution in [2.75, 3.05) is 19.7 Å². The fourth-order valence-electron chi connectivity index (χ4n) is 3.10. The Kier molecular flexibility index (Phi) is 7.47. The summed E-state index contributed by atoms with van der Waals surface area (Å²) in [6, 6.07) is 11.3. The maximum Gasteiger partial charge on any atom is 0.249 e. The van der Waals surface area contributed by atoms with Crippen LogP contribution >= 0.6 is 0 Å². The molecule has 1 saturated heterocycles. The summed E-state index contributed by atoms with van der Waals surface area (Å²) in [7, 11) is 0. The molecule has 0 saturated carbocycles. The maximum absolute atomic E-state index is 12.2. The molecule has 0 unspecified atom stereocenters. The molecule has 0 radical (unpaired) electrons. The van der Waals surface area contributed by atoms with E-state index in [2.05, 4.69) is 54.1 Å². The Hall–Kier alpha value is -1.65. The van der Waals surface area contributed by atoms with Crippen LogP contribution in [0.15, 0.2) is 43.0 Å². The first-order valence-corrected chi connectivity index (χ1v) is 8.93. The Balaban J connectivity index is 1.74. The summed E-state index contributed by atoms with van der Waals surface area (Å²) in [5.74, 6) is -0.00591. The molecule has 1 amide bonds. The van der Waals surface area contributed by atoms with Crippen molar-refractivity contribution in [3.8, 4) is 0 Å². The molecule has 4 heteroatoms. The highest BCUT2D eigenvalue weighted by atomic mass is 16.5. The molecule has 2 rings (SSSR count). The molecule has 132 valence electrons. The fraction of sp³-hybridized carbons (Fsp3) is 0.550. The van der Waals surface area contributed by atoms with Crippen molar-refractivity contribution in [1.29, 1.82) is 0 Å². The summed E-state index contributed by atoms with van der Waals surface area (Å²) in [5, 5.41) is 3.13. The highest BCUT2D eigenvalue weighted by Gasteiger charge is 2.25. The van der Waals surface area contributed by atoms with Crippen molar-refractivity contribution in [1.82, 2.24) is 10.2 Å². The van der Waals surface area contributed by atoms with E-state index in [1.165, 1.54) is 5.56 Å². The molecule has 1 heterocycles. The van der Waals surface area contributed by atoms with Gasteiger partial charge in [0.1, 0.15) is 6.10 Å². The van der Waals surface area contributed by atoms with Gasteiger partial charge in [0.2, 0.25) is 5.91 Å². The quantitative estimate of drug-likeness (QED) is 0.587. The van der Waals surface area contributed by atoms with Gasteiger partial charge in [0.05, 0.1) is 6.61 Å². The van der Waals surface area contributed by atoms with Gasteiger partial charge in [-0.1, -0.05) is 36.4 Å². The molecule has 1 fully saturated rings. The van der Waals surface area contributed by atoms with Gasteiger partial charge in [0.25, 0.3) is 0 Å². The van der Waals surface area contributed by atoms with E-state index in [1.807, 2.05) is 6.92 Å². The minimum atomic E-state index is -0.397. The fourth-order valence-corrected chi connectivity index (χ4v) is 3.10. The minimum Gasteiger partial charge on any atom is -0.368 e. The lowest BCUT2D eigenvalue weighted by molar-refractivity contribution is -0.132. The second kappa shape index (κ2) is 9.60. The second-order valence-electron chi connectivity index (χ2n) is 6.50. The maximum atomic E-state index is 12.2. The Labute approximate surface area is 145 Å². The number of likely N-dealkylation sites (tertiary alicyclic amines) is 1.